The van der Waals surface area contributed by atoms with Gasteiger partial charge in [0.1, 0.15) is 0 Å². The standard InChI is InChI=1S/C25H32/c1-5-23(6-2)17-18-24(7-3,8-4)25(23)21-15-11-9-13-19(21)20-14-10-12-16-22(20)25/h9-16H,5-8,17-18H2,1-4H3. The molecule has 132 valence electrons. The molecule has 0 unspecified atom stereocenters. The molecular weight excluding hydrogens is 300 g/mol. The average Bonchev–Trinajstić information content (AvgIpc) is 3.16. The van der Waals surface area contributed by atoms with Gasteiger partial charge in [-0.2, -0.15) is 0 Å². The van der Waals surface area contributed by atoms with Gasteiger partial charge in [0.2, 0.25) is 0 Å². The molecule has 1 spiro atoms. The highest BCUT2D eigenvalue weighted by atomic mass is 14.7. The Morgan fingerprint density at radius 1 is 0.600 bits per heavy atom. The van der Waals surface area contributed by atoms with Crippen LogP contribution in [-0.2, 0) is 5.41 Å². The molecule has 0 N–H and O–H groups in total. The van der Waals surface area contributed by atoms with Gasteiger partial charge in [-0.1, -0.05) is 76.2 Å². The Morgan fingerprint density at radius 3 is 1.32 bits per heavy atom. The van der Waals surface area contributed by atoms with E-state index in [-0.39, 0.29) is 5.41 Å². The zero-order valence-electron chi connectivity index (χ0n) is 16.4. The lowest BCUT2D eigenvalue weighted by atomic mass is 9.49. The van der Waals surface area contributed by atoms with Crippen molar-refractivity contribution in [1.29, 1.82) is 0 Å². The van der Waals surface area contributed by atoms with Crippen molar-refractivity contribution in [3.8, 4) is 11.1 Å². The molecule has 0 nitrogen and oxygen atoms in total. The van der Waals surface area contributed by atoms with Crippen LogP contribution in [0, 0.1) is 10.8 Å². The lowest BCUT2D eigenvalue weighted by Crippen LogP contribution is -2.50. The van der Waals surface area contributed by atoms with Crippen LogP contribution in [0.4, 0.5) is 0 Å². The fourth-order valence-corrected chi connectivity index (χ4v) is 7.06. The maximum atomic E-state index is 2.46. The Hall–Kier alpha value is -1.56. The van der Waals surface area contributed by atoms with Crippen molar-refractivity contribution in [2.24, 2.45) is 10.8 Å². The average molecular weight is 333 g/mol. The molecule has 0 aliphatic heterocycles. The summed E-state index contributed by atoms with van der Waals surface area (Å²) in [6.45, 7) is 9.76. The van der Waals surface area contributed by atoms with E-state index in [0.717, 1.165) is 0 Å². The van der Waals surface area contributed by atoms with Crippen molar-refractivity contribution >= 4 is 0 Å². The van der Waals surface area contributed by atoms with E-state index in [1.165, 1.54) is 49.7 Å². The minimum atomic E-state index is 0.181. The molecule has 2 aromatic carbocycles. The van der Waals surface area contributed by atoms with Gasteiger partial charge in [0.05, 0.1) is 0 Å². The topological polar surface area (TPSA) is 0 Å². The number of rotatable bonds is 4. The van der Waals surface area contributed by atoms with E-state index in [9.17, 15) is 0 Å². The molecule has 1 fully saturated rings. The van der Waals surface area contributed by atoms with Gasteiger partial charge in [-0.15, -0.1) is 0 Å². The molecule has 0 bridgehead atoms. The molecule has 0 saturated heterocycles. The molecule has 2 aliphatic carbocycles. The number of fused-ring (bicyclic) bond motifs is 5. The highest BCUT2D eigenvalue weighted by Crippen LogP contribution is 2.75. The van der Waals surface area contributed by atoms with Gasteiger partial charge in [0.25, 0.3) is 0 Å². The van der Waals surface area contributed by atoms with Gasteiger partial charge in [-0.05, 0) is 71.6 Å². The summed E-state index contributed by atoms with van der Waals surface area (Å²) in [5.74, 6) is 0. The van der Waals surface area contributed by atoms with Gasteiger partial charge < -0.3 is 0 Å². The van der Waals surface area contributed by atoms with Crippen LogP contribution in [0.5, 0.6) is 0 Å². The van der Waals surface area contributed by atoms with Crippen molar-refractivity contribution in [2.75, 3.05) is 0 Å². The first-order chi connectivity index (χ1) is 12.2. The maximum Gasteiger partial charge on any atom is 0.0327 e. The van der Waals surface area contributed by atoms with E-state index in [1.54, 1.807) is 11.1 Å². The van der Waals surface area contributed by atoms with E-state index in [1.807, 2.05) is 0 Å². The van der Waals surface area contributed by atoms with Crippen LogP contribution in [0.3, 0.4) is 0 Å². The van der Waals surface area contributed by atoms with Crippen LogP contribution in [0.15, 0.2) is 48.5 Å². The van der Waals surface area contributed by atoms with Crippen molar-refractivity contribution < 1.29 is 0 Å². The zero-order valence-corrected chi connectivity index (χ0v) is 16.4. The molecule has 0 heterocycles. The highest BCUT2D eigenvalue weighted by Gasteiger charge is 2.68. The predicted molar refractivity (Wildman–Crippen MR) is 108 cm³/mol. The minimum absolute atomic E-state index is 0.181. The Morgan fingerprint density at radius 2 is 0.960 bits per heavy atom. The number of hydrogen-bond acceptors (Lipinski definition) is 0. The highest BCUT2D eigenvalue weighted by molar-refractivity contribution is 5.82. The monoisotopic (exact) mass is 332 g/mol. The number of hydrogen-bond donors (Lipinski definition) is 0. The van der Waals surface area contributed by atoms with Gasteiger partial charge in [0, 0.05) is 5.41 Å². The van der Waals surface area contributed by atoms with Crippen LogP contribution >= 0.6 is 0 Å². The third kappa shape index (κ3) is 1.74. The Bertz CT molecular complexity index is 707. The third-order valence-corrected chi connectivity index (χ3v) is 8.33. The second-order valence-electron chi connectivity index (χ2n) is 8.32. The van der Waals surface area contributed by atoms with Crippen LogP contribution in [0.25, 0.3) is 11.1 Å². The minimum Gasteiger partial charge on any atom is -0.0648 e. The molecule has 0 amide bonds. The largest absolute Gasteiger partial charge is 0.0648 e. The fourth-order valence-electron chi connectivity index (χ4n) is 7.06. The Balaban J connectivity index is 2.18. The first-order valence-electron chi connectivity index (χ1n) is 10.4. The zero-order chi connectivity index (χ0) is 17.7. The lowest BCUT2D eigenvalue weighted by molar-refractivity contribution is 0.0735. The molecule has 0 atom stereocenters. The fraction of sp³-hybridized carbons (Fsp3) is 0.520. The quantitative estimate of drug-likeness (QED) is 0.548. The molecule has 25 heavy (non-hydrogen) atoms. The summed E-state index contributed by atoms with van der Waals surface area (Å²) >= 11 is 0. The molecule has 0 radical (unpaired) electrons. The summed E-state index contributed by atoms with van der Waals surface area (Å²) < 4.78 is 0. The lowest BCUT2D eigenvalue weighted by Gasteiger charge is -2.54. The van der Waals surface area contributed by atoms with Gasteiger partial charge in [0.15, 0.2) is 0 Å². The smallest absolute Gasteiger partial charge is 0.0327 e. The molecule has 0 heteroatoms. The van der Waals surface area contributed by atoms with Gasteiger partial charge in [-0.25, -0.2) is 0 Å². The first-order valence-corrected chi connectivity index (χ1v) is 10.4. The first kappa shape index (κ1) is 16.9. The van der Waals surface area contributed by atoms with Crippen LogP contribution < -0.4 is 0 Å². The van der Waals surface area contributed by atoms with E-state index >= 15 is 0 Å². The predicted octanol–water partition coefficient (Wildman–Crippen LogP) is 7.36. The Labute approximate surface area is 153 Å². The molecule has 2 aliphatic rings. The number of benzene rings is 2. The van der Waals surface area contributed by atoms with E-state index in [0.29, 0.717) is 10.8 Å². The van der Waals surface area contributed by atoms with Crippen LogP contribution in [-0.4, -0.2) is 0 Å². The van der Waals surface area contributed by atoms with Gasteiger partial charge >= 0.3 is 0 Å². The molecule has 2 aromatic rings. The normalized spacial score (nSPS) is 21.3. The van der Waals surface area contributed by atoms with Crippen LogP contribution in [0.1, 0.15) is 77.3 Å². The van der Waals surface area contributed by atoms with Crippen molar-refractivity contribution in [3.63, 3.8) is 0 Å². The Kier molecular flexibility index (Phi) is 3.87. The summed E-state index contributed by atoms with van der Waals surface area (Å²) in [6, 6.07) is 18.7. The van der Waals surface area contributed by atoms with Crippen molar-refractivity contribution in [1.82, 2.24) is 0 Å². The second-order valence-corrected chi connectivity index (χ2v) is 8.32. The van der Waals surface area contributed by atoms with E-state index in [2.05, 4.69) is 76.2 Å². The summed E-state index contributed by atoms with van der Waals surface area (Å²) in [7, 11) is 0. The molecule has 0 aromatic heterocycles. The maximum absolute atomic E-state index is 2.46. The summed E-state index contributed by atoms with van der Waals surface area (Å²) in [5, 5.41) is 0. The molecule has 4 rings (SSSR count). The van der Waals surface area contributed by atoms with Crippen LogP contribution in [0.2, 0.25) is 0 Å². The SMILES string of the molecule is CCC1(CC)CCC(CC)(CC)C12c1ccccc1-c1ccccc12. The molecular formula is C25H32. The summed E-state index contributed by atoms with van der Waals surface area (Å²) in [6.07, 6.45) is 7.82. The summed E-state index contributed by atoms with van der Waals surface area (Å²) in [5.41, 5.74) is 7.18. The molecule has 1 saturated carbocycles. The van der Waals surface area contributed by atoms with Crippen molar-refractivity contribution in [2.45, 2.75) is 71.6 Å². The van der Waals surface area contributed by atoms with E-state index < -0.39 is 0 Å². The second kappa shape index (κ2) is 5.73. The van der Waals surface area contributed by atoms with Gasteiger partial charge in [-0.3, -0.25) is 0 Å². The van der Waals surface area contributed by atoms with E-state index in [4.69, 9.17) is 0 Å². The summed E-state index contributed by atoms with van der Waals surface area (Å²) in [4.78, 5) is 0. The van der Waals surface area contributed by atoms with Crippen molar-refractivity contribution in [3.05, 3.63) is 59.7 Å². The third-order valence-electron chi connectivity index (χ3n) is 8.33.